The van der Waals surface area contributed by atoms with Crippen LogP contribution in [0.25, 0.3) is 16.7 Å². The Morgan fingerprint density at radius 1 is 1.19 bits per heavy atom. The molecule has 0 aliphatic rings. The topological polar surface area (TPSA) is 81.7 Å². The minimum atomic E-state index is -0.0144. The molecule has 0 bridgehead atoms. The molecule has 0 fully saturated rings. The van der Waals surface area contributed by atoms with Gasteiger partial charge in [-0.3, -0.25) is 13.8 Å². The lowest BCUT2D eigenvalue weighted by Gasteiger charge is -2.11. The summed E-state index contributed by atoms with van der Waals surface area (Å²) in [5, 5.41) is 18.8. The zero-order chi connectivity index (χ0) is 18.4. The lowest BCUT2D eigenvalue weighted by molar-refractivity contribution is 0.103. The van der Waals surface area contributed by atoms with E-state index in [0.29, 0.717) is 36.7 Å². The Morgan fingerprint density at radius 3 is 2.85 bits per heavy atom. The van der Waals surface area contributed by atoms with E-state index >= 15 is 0 Å². The number of rotatable bonds is 10. The Balaban J connectivity index is 1.99. The van der Waals surface area contributed by atoms with E-state index in [2.05, 4.69) is 17.1 Å². The molecule has 140 valence electrons. The molecule has 0 saturated carbocycles. The number of thioether (sulfide) groups is 1. The van der Waals surface area contributed by atoms with Crippen LogP contribution in [0.5, 0.6) is 0 Å². The predicted molar refractivity (Wildman–Crippen MR) is 103 cm³/mol. The Bertz CT molecular complexity index is 922. The molecule has 8 heteroatoms. The van der Waals surface area contributed by atoms with Crippen molar-refractivity contribution in [3.8, 4) is 0 Å². The third kappa shape index (κ3) is 3.92. The van der Waals surface area contributed by atoms with E-state index in [9.17, 15) is 4.79 Å². The van der Waals surface area contributed by atoms with Crippen LogP contribution in [-0.2, 0) is 11.3 Å². The number of aliphatic hydroxyl groups is 1. The molecule has 0 atom stereocenters. The summed E-state index contributed by atoms with van der Waals surface area (Å²) in [6, 6.07) is 7.58. The van der Waals surface area contributed by atoms with E-state index in [1.165, 1.54) is 11.8 Å². The van der Waals surface area contributed by atoms with E-state index in [0.717, 1.165) is 29.9 Å². The van der Waals surface area contributed by atoms with Crippen molar-refractivity contribution in [3.05, 3.63) is 34.6 Å². The van der Waals surface area contributed by atoms with Crippen molar-refractivity contribution in [2.75, 3.05) is 25.6 Å². The summed E-state index contributed by atoms with van der Waals surface area (Å²) in [5.74, 6) is 1.29. The van der Waals surface area contributed by atoms with Crippen LogP contribution in [0.4, 0.5) is 0 Å². The van der Waals surface area contributed by atoms with Gasteiger partial charge in [0.05, 0.1) is 30.7 Å². The van der Waals surface area contributed by atoms with Gasteiger partial charge in [-0.25, -0.2) is 0 Å². The first-order valence-electron chi connectivity index (χ1n) is 8.96. The van der Waals surface area contributed by atoms with Crippen molar-refractivity contribution in [2.45, 2.75) is 37.9 Å². The van der Waals surface area contributed by atoms with Crippen LogP contribution in [0.2, 0.25) is 0 Å². The smallest absolute Gasteiger partial charge is 0.262 e. The highest BCUT2D eigenvalue weighted by Gasteiger charge is 2.16. The normalized spacial score (nSPS) is 11.6. The highest BCUT2D eigenvalue weighted by Crippen LogP contribution is 2.21. The van der Waals surface area contributed by atoms with E-state index in [-0.39, 0.29) is 12.2 Å². The number of aromatic nitrogens is 4. The van der Waals surface area contributed by atoms with Gasteiger partial charge < -0.3 is 9.84 Å². The van der Waals surface area contributed by atoms with Gasteiger partial charge in [0.2, 0.25) is 5.78 Å². The van der Waals surface area contributed by atoms with Gasteiger partial charge in [-0.05, 0) is 18.6 Å². The number of hydrogen-bond acceptors (Lipinski definition) is 6. The Kier molecular flexibility index (Phi) is 6.65. The summed E-state index contributed by atoms with van der Waals surface area (Å²) in [6.45, 7) is 3.66. The van der Waals surface area contributed by atoms with Gasteiger partial charge in [0.15, 0.2) is 5.16 Å². The van der Waals surface area contributed by atoms with Crippen molar-refractivity contribution in [1.82, 2.24) is 19.2 Å². The number of unbranched alkanes of at least 4 members (excludes halogenated alkanes) is 2. The van der Waals surface area contributed by atoms with Gasteiger partial charge in [0.25, 0.3) is 5.56 Å². The van der Waals surface area contributed by atoms with E-state index < -0.39 is 0 Å². The highest BCUT2D eigenvalue weighted by atomic mass is 32.2. The largest absolute Gasteiger partial charge is 0.394 e. The average Bonchev–Trinajstić information content (AvgIpc) is 3.08. The van der Waals surface area contributed by atoms with Gasteiger partial charge in [0.1, 0.15) is 0 Å². The van der Waals surface area contributed by atoms with Crippen molar-refractivity contribution < 1.29 is 9.84 Å². The number of aliphatic hydroxyl groups excluding tert-OH is 1. The van der Waals surface area contributed by atoms with Crippen LogP contribution in [0.1, 0.15) is 26.2 Å². The molecule has 0 aliphatic carbocycles. The fourth-order valence-electron chi connectivity index (χ4n) is 2.91. The second kappa shape index (κ2) is 9.16. The van der Waals surface area contributed by atoms with Gasteiger partial charge in [0, 0.05) is 12.3 Å². The lowest BCUT2D eigenvalue weighted by Crippen LogP contribution is -2.23. The minimum Gasteiger partial charge on any atom is -0.394 e. The molecule has 7 nitrogen and oxygen atoms in total. The summed E-state index contributed by atoms with van der Waals surface area (Å²) in [7, 11) is 0. The summed E-state index contributed by atoms with van der Waals surface area (Å²) in [4.78, 5) is 12.9. The van der Waals surface area contributed by atoms with Crippen molar-refractivity contribution in [1.29, 1.82) is 0 Å². The molecule has 0 radical (unpaired) electrons. The SMILES string of the molecule is CCCCCn1c(=O)c2ccccc2n2c(SCCOCCO)nnc12. The average molecular weight is 376 g/mol. The maximum atomic E-state index is 12.9. The van der Waals surface area contributed by atoms with Crippen LogP contribution < -0.4 is 5.56 Å². The van der Waals surface area contributed by atoms with Crippen LogP contribution >= 0.6 is 11.8 Å². The number of aryl methyl sites for hydroxylation is 1. The molecule has 26 heavy (non-hydrogen) atoms. The molecule has 0 amide bonds. The molecule has 1 aromatic carbocycles. The van der Waals surface area contributed by atoms with Crippen LogP contribution in [0.3, 0.4) is 0 Å². The molecule has 2 heterocycles. The van der Waals surface area contributed by atoms with Gasteiger partial charge >= 0.3 is 0 Å². The van der Waals surface area contributed by atoms with Crippen LogP contribution in [0.15, 0.2) is 34.2 Å². The zero-order valence-corrected chi connectivity index (χ0v) is 15.7. The maximum absolute atomic E-state index is 12.9. The fraction of sp³-hybridized carbons (Fsp3) is 0.500. The second-order valence-corrected chi connectivity index (χ2v) is 7.05. The molecular weight excluding hydrogens is 352 g/mol. The Labute approximate surface area is 156 Å². The number of para-hydroxylation sites is 1. The molecule has 1 N–H and O–H groups in total. The molecule has 2 aromatic heterocycles. The van der Waals surface area contributed by atoms with Crippen molar-refractivity contribution >= 4 is 28.4 Å². The summed E-state index contributed by atoms with van der Waals surface area (Å²) >= 11 is 1.53. The second-order valence-electron chi connectivity index (χ2n) is 5.98. The minimum absolute atomic E-state index is 0.0144. The number of benzene rings is 1. The zero-order valence-electron chi connectivity index (χ0n) is 14.9. The summed E-state index contributed by atoms with van der Waals surface area (Å²) in [5.41, 5.74) is 0.808. The lowest BCUT2D eigenvalue weighted by atomic mass is 10.2. The first-order chi connectivity index (χ1) is 12.8. The molecule has 3 rings (SSSR count). The van der Waals surface area contributed by atoms with Crippen molar-refractivity contribution in [3.63, 3.8) is 0 Å². The highest BCUT2D eigenvalue weighted by molar-refractivity contribution is 7.99. The molecular formula is C18H24N4O3S. The molecule has 0 spiro atoms. The molecule has 3 aromatic rings. The van der Waals surface area contributed by atoms with Crippen LogP contribution in [0, 0.1) is 0 Å². The standard InChI is InChI=1S/C18H24N4O3S/c1-2-3-6-9-21-16(24)14-7-4-5-8-15(14)22-17(21)19-20-18(22)26-13-12-25-11-10-23/h4-5,7-8,23H,2-3,6,9-13H2,1H3. The predicted octanol–water partition coefficient (Wildman–Crippen LogP) is 2.34. The Morgan fingerprint density at radius 2 is 2.04 bits per heavy atom. The van der Waals surface area contributed by atoms with Gasteiger partial charge in [-0.2, -0.15) is 0 Å². The van der Waals surface area contributed by atoms with Gasteiger partial charge in [-0.15, -0.1) is 10.2 Å². The number of fused-ring (bicyclic) bond motifs is 3. The summed E-state index contributed by atoms with van der Waals surface area (Å²) < 4.78 is 9.00. The first kappa shape index (κ1) is 18.9. The molecule has 0 unspecified atom stereocenters. The van der Waals surface area contributed by atoms with E-state index in [4.69, 9.17) is 9.84 Å². The quantitative estimate of drug-likeness (QED) is 0.432. The maximum Gasteiger partial charge on any atom is 0.262 e. The number of nitrogens with zero attached hydrogens (tertiary/aromatic N) is 4. The van der Waals surface area contributed by atoms with E-state index in [1.807, 2.05) is 28.7 Å². The third-order valence-electron chi connectivity index (χ3n) is 4.16. The monoisotopic (exact) mass is 376 g/mol. The van der Waals surface area contributed by atoms with Crippen molar-refractivity contribution in [2.24, 2.45) is 0 Å². The molecule has 0 saturated heterocycles. The number of hydrogen-bond donors (Lipinski definition) is 1. The molecule has 0 aliphatic heterocycles. The first-order valence-corrected chi connectivity index (χ1v) is 9.94. The fourth-order valence-corrected chi connectivity index (χ4v) is 3.70. The van der Waals surface area contributed by atoms with Gasteiger partial charge in [-0.1, -0.05) is 43.7 Å². The third-order valence-corrected chi connectivity index (χ3v) is 5.05. The Hall–Kier alpha value is -1.90. The van der Waals surface area contributed by atoms with Crippen LogP contribution in [-0.4, -0.2) is 49.8 Å². The number of ether oxygens (including phenoxy) is 1. The summed E-state index contributed by atoms with van der Waals surface area (Å²) in [6.07, 6.45) is 3.11. The van der Waals surface area contributed by atoms with E-state index in [1.54, 1.807) is 4.57 Å².